The van der Waals surface area contributed by atoms with Gasteiger partial charge in [0.2, 0.25) is 0 Å². The van der Waals surface area contributed by atoms with Crippen molar-refractivity contribution in [3.05, 3.63) is 0 Å². The molecule has 1 saturated heterocycles. The molecule has 4 nitrogen and oxygen atoms in total. The van der Waals surface area contributed by atoms with Gasteiger partial charge in [0, 0.05) is 25.7 Å². The third-order valence-corrected chi connectivity index (χ3v) is 2.71. The van der Waals surface area contributed by atoms with Gasteiger partial charge >= 0.3 is 6.03 Å². The third-order valence-electron chi connectivity index (χ3n) is 2.71. The molecule has 0 unspecified atom stereocenters. The van der Waals surface area contributed by atoms with Crippen molar-refractivity contribution in [2.45, 2.75) is 39.2 Å². The summed E-state index contributed by atoms with van der Waals surface area (Å²) in [7, 11) is 0. The van der Waals surface area contributed by atoms with Gasteiger partial charge in [-0.15, -0.1) is 0 Å². The Morgan fingerprint density at radius 1 is 1.47 bits per heavy atom. The van der Waals surface area contributed by atoms with Gasteiger partial charge in [0.25, 0.3) is 0 Å². The third kappa shape index (κ3) is 3.12. The fraction of sp³-hybridized carbons (Fsp3) is 0.818. The van der Waals surface area contributed by atoms with Gasteiger partial charge in [0.1, 0.15) is 0 Å². The van der Waals surface area contributed by atoms with Crippen LogP contribution in [0.15, 0.2) is 0 Å². The second-order valence-electron chi connectivity index (χ2n) is 4.17. The molecule has 15 heavy (non-hydrogen) atoms. The average Bonchev–Trinajstić information content (AvgIpc) is 2.70. The molecule has 1 aliphatic heterocycles. The lowest BCUT2D eigenvalue weighted by Crippen LogP contribution is -2.45. The van der Waals surface area contributed by atoms with Crippen LogP contribution in [0.5, 0.6) is 0 Å². The zero-order valence-electron chi connectivity index (χ0n) is 9.57. The summed E-state index contributed by atoms with van der Waals surface area (Å²) in [5, 5.41) is 8.54. The summed E-state index contributed by atoms with van der Waals surface area (Å²) in [6.45, 7) is 6.27. The maximum Gasteiger partial charge on any atom is 0.320 e. The van der Waals surface area contributed by atoms with E-state index in [4.69, 9.17) is 5.26 Å². The first-order valence-corrected chi connectivity index (χ1v) is 5.59. The van der Waals surface area contributed by atoms with Crippen molar-refractivity contribution in [2.24, 2.45) is 0 Å². The van der Waals surface area contributed by atoms with Crippen LogP contribution in [0.1, 0.15) is 33.1 Å². The fourth-order valence-corrected chi connectivity index (χ4v) is 1.84. The summed E-state index contributed by atoms with van der Waals surface area (Å²) in [5.41, 5.74) is 0. The molecular formula is C11H19N3O. The van der Waals surface area contributed by atoms with Gasteiger partial charge in [-0.05, 0) is 26.7 Å². The van der Waals surface area contributed by atoms with Crippen molar-refractivity contribution in [2.75, 3.05) is 19.6 Å². The first-order valence-electron chi connectivity index (χ1n) is 5.59. The zero-order chi connectivity index (χ0) is 11.3. The van der Waals surface area contributed by atoms with Crippen LogP contribution in [0.25, 0.3) is 0 Å². The highest BCUT2D eigenvalue weighted by molar-refractivity contribution is 5.75. The molecule has 0 aromatic carbocycles. The maximum absolute atomic E-state index is 12.0. The van der Waals surface area contributed by atoms with Gasteiger partial charge in [-0.2, -0.15) is 5.26 Å². The Morgan fingerprint density at radius 2 is 2.07 bits per heavy atom. The van der Waals surface area contributed by atoms with E-state index in [1.54, 1.807) is 4.90 Å². The van der Waals surface area contributed by atoms with Gasteiger partial charge in [-0.3, -0.25) is 0 Å². The fourth-order valence-electron chi connectivity index (χ4n) is 1.84. The van der Waals surface area contributed by atoms with Gasteiger partial charge in [-0.1, -0.05) is 0 Å². The molecule has 2 amide bonds. The number of urea groups is 1. The Hall–Kier alpha value is -1.24. The molecule has 1 aliphatic rings. The second-order valence-corrected chi connectivity index (χ2v) is 4.17. The van der Waals surface area contributed by atoms with Crippen LogP contribution in [0.4, 0.5) is 4.79 Å². The number of nitriles is 1. The number of rotatable bonds is 3. The molecule has 0 aromatic rings. The van der Waals surface area contributed by atoms with E-state index in [1.165, 1.54) is 0 Å². The molecule has 1 heterocycles. The predicted octanol–water partition coefficient (Wildman–Crippen LogP) is 1.83. The standard InChI is InChI=1S/C11H19N3O/c1-10(2)14(9-5-6-12)11(15)13-7-3-4-8-13/h10H,3-5,7-9H2,1-2H3. The molecule has 0 spiro atoms. The molecule has 0 radical (unpaired) electrons. The van der Waals surface area contributed by atoms with Crippen molar-refractivity contribution < 1.29 is 4.79 Å². The first-order chi connectivity index (χ1) is 7.16. The number of carbonyl (C=O) groups excluding carboxylic acids is 1. The van der Waals surface area contributed by atoms with E-state index in [0.29, 0.717) is 13.0 Å². The van der Waals surface area contributed by atoms with E-state index in [9.17, 15) is 4.79 Å². The van der Waals surface area contributed by atoms with Crippen molar-refractivity contribution in [3.8, 4) is 6.07 Å². The number of likely N-dealkylation sites (tertiary alicyclic amines) is 1. The average molecular weight is 209 g/mol. The maximum atomic E-state index is 12.0. The molecule has 0 N–H and O–H groups in total. The van der Waals surface area contributed by atoms with Gasteiger partial charge in [0.15, 0.2) is 0 Å². The molecule has 0 aliphatic carbocycles. The summed E-state index contributed by atoms with van der Waals surface area (Å²) >= 11 is 0. The summed E-state index contributed by atoms with van der Waals surface area (Å²) in [6.07, 6.45) is 2.63. The van der Waals surface area contributed by atoms with Crippen molar-refractivity contribution in [3.63, 3.8) is 0 Å². The lowest BCUT2D eigenvalue weighted by atomic mass is 10.3. The van der Waals surface area contributed by atoms with Crippen molar-refractivity contribution in [1.29, 1.82) is 5.26 Å². The van der Waals surface area contributed by atoms with E-state index < -0.39 is 0 Å². The van der Waals surface area contributed by atoms with E-state index in [1.807, 2.05) is 18.7 Å². The Bertz CT molecular complexity index is 251. The van der Waals surface area contributed by atoms with Gasteiger partial charge in [0.05, 0.1) is 12.5 Å². The van der Waals surface area contributed by atoms with Crippen LogP contribution in [-0.2, 0) is 0 Å². The molecule has 84 valence electrons. The van der Waals surface area contributed by atoms with Crippen LogP contribution in [0.2, 0.25) is 0 Å². The van der Waals surface area contributed by atoms with Crippen LogP contribution < -0.4 is 0 Å². The molecule has 0 saturated carbocycles. The quantitative estimate of drug-likeness (QED) is 0.712. The molecule has 4 heteroatoms. The summed E-state index contributed by atoms with van der Waals surface area (Å²) < 4.78 is 0. The van der Waals surface area contributed by atoms with E-state index >= 15 is 0 Å². The predicted molar refractivity (Wildman–Crippen MR) is 58.3 cm³/mol. The number of hydrogen-bond acceptors (Lipinski definition) is 2. The zero-order valence-corrected chi connectivity index (χ0v) is 9.57. The molecule has 0 bridgehead atoms. The number of amides is 2. The van der Waals surface area contributed by atoms with Crippen LogP contribution in [0, 0.1) is 11.3 Å². The Morgan fingerprint density at radius 3 is 2.53 bits per heavy atom. The van der Waals surface area contributed by atoms with Crippen molar-refractivity contribution in [1.82, 2.24) is 9.80 Å². The van der Waals surface area contributed by atoms with E-state index in [0.717, 1.165) is 25.9 Å². The Balaban J connectivity index is 2.54. The number of hydrogen-bond donors (Lipinski definition) is 0. The number of carbonyl (C=O) groups is 1. The minimum atomic E-state index is 0.0951. The molecular weight excluding hydrogens is 190 g/mol. The highest BCUT2D eigenvalue weighted by Gasteiger charge is 2.24. The Labute approximate surface area is 91.5 Å². The highest BCUT2D eigenvalue weighted by atomic mass is 16.2. The molecule has 0 aromatic heterocycles. The molecule has 0 atom stereocenters. The van der Waals surface area contributed by atoms with Crippen molar-refractivity contribution >= 4 is 6.03 Å². The minimum absolute atomic E-state index is 0.0951. The summed E-state index contributed by atoms with van der Waals surface area (Å²) in [4.78, 5) is 15.7. The van der Waals surface area contributed by atoms with Gasteiger partial charge in [-0.25, -0.2) is 4.79 Å². The molecule has 1 rings (SSSR count). The monoisotopic (exact) mass is 209 g/mol. The highest BCUT2D eigenvalue weighted by Crippen LogP contribution is 2.12. The van der Waals surface area contributed by atoms with Gasteiger partial charge < -0.3 is 9.80 Å². The SMILES string of the molecule is CC(C)N(CCC#N)C(=O)N1CCCC1. The smallest absolute Gasteiger partial charge is 0.320 e. The van der Waals surface area contributed by atoms with Crippen LogP contribution in [-0.4, -0.2) is 41.5 Å². The summed E-state index contributed by atoms with van der Waals surface area (Å²) in [6, 6.07) is 2.35. The summed E-state index contributed by atoms with van der Waals surface area (Å²) in [5.74, 6) is 0. The first kappa shape index (κ1) is 11.8. The van der Waals surface area contributed by atoms with E-state index in [2.05, 4.69) is 6.07 Å². The second kappa shape index (κ2) is 5.59. The lowest BCUT2D eigenvalue weighted by molar-refractivity contribution is 0.150. The topological polar surface area (TPSA) is 47.3 Å². The minimum Gasteiger partial charge on any atom is -0.325 e. The lowest BCUT2D eigenvalue weighted by Gasteiger charge is -2.30. The number of nitrogens with zero attached hydrogens (tertiary/aromatic N) is 3. The van der Waals surface area contributed by atoms with Crippen LogP contribution >= 0.6 is 0 Å². The largest absolute Gasteiger partial charge is 0.325 e. The normalized spacial score (nSPS) is 15.5. The Kier molecular flexibility index (Phi) is 4.41. The van der Waals surface area contributed by atoms with Crippen LogP contribution in [0.3, 0.4) is 0 Å². The van der Waals surface area contributed by atoms with E-state index in [-0.39, 0.29) is 12.1 Å². The molecule has 1 fully saturated rings.